The monoisotopic (exact) mass is 250 g/mol. The van der Waals surface area contributed by atoms with E-state index in [1.165, 1.54) is 19.3 Å². The van der Waals surface area contributed by atoms with Gasteiger partial charge >= 0.3 is 0 Å². The second kappa shape index (κ2) is 3.98. The van der Waals surface area contributed by atoms with Crippen LogP contribution < -0.4 is 5.32 Å². The fourth-order valence-corrected chi connectivity index (χ4v) is 3.06. The lowest BCUT2D eigenvalue weighted by molar-refractivity contribution is -0.131. The second-order valence-corrected chi connectivity index (χ2v) is 5.70. The van der Waals surface area contributed by atoms with E-state index in [-0.39, 0.29) is 11.8 Å². The van der Waals surface area contributed by atoms with Crippen LogP contribution in [-0.4, -0.2) is 10.9 Å². The van der Waals surface area contributed by atoms with Crippen molar-refractivity contribution in [3.63, 3.8) is 0 Å². The van der Waals surface area contributed by atoms with E-state index in [0.717, 1.165) is 18.5 Å². The molecule has 0 atom stereocenters. The number of hydrogen-bond donors (Lipinski definition) is 1. The Labute approximate surface area is 106 Å². The van der Waals surface area contributed by atoms with Crippen LogP contribution in [0.1, 0.15) is 32.1 Å². The van der Waals surface area contributed by atoms with Crippen molar-refractivity contribution in [1.82, 2.24) is 4.98 Å². The van der Waals surface area contributed by atoms with Gasteiger partial charge in [0.15, 0.2) is 0 Å². The Kier molecular flexibility index (Phi) is 2.58. The Bertz CT molecular complexity index is 431. The number of carbonyl (C=O) groups excluding carboxylic acids is 1. The van der Waals surface area contributed by atoms with Gasteiger partial charge in [0.1, 0.15) is 5.15 Å². The standard InChI is InChI=1S/C13H15ClN2O/c14-11-3-2-10(8-15-11)16-12(17)9-6-13(7-9)4-1-5-13/h2-3,8-9H,1,4-7H2,(H,16,17). The number of carbonyl (C=O) groups is 1. The van der Waals surface area contributed by atoms with Crippen molar-refractivity contribution in [2.75, 3.05) is 5.32 Å². The van der Waals surface area contributed by atoms with Crippen LogP contribution in [0.2, 0.25) is 5.15 Å². The third-order valence-corrected chi connectivity index (χ3v) is 4.36. The molecule has 0 radical (unpaired) electrons. The normalized spacial score (nSPS) is 21.7. The minimum absolute atomic E-state index is 0.131. The first-order valence-corrected chi connectivity index (χ1v) is 6.47. The molecule has 3 rings (SSSR count). The van der Waals surface area contributed by atoms with E-state index in [0.29, 0.717) is 10.6 Å². The van der Waals surface area contributed by atoms with Gasteiger partial charge in [0, 0.05) is 5.92 Å². The average molecular weight is 251 g/mol. The molecule has 0 saturated heterocycles. The molecule has 90 valence electrons. The summed E-state index contributed by atoms with van der Waals surface area (Å²) in [5.74, 6) is 0.331. The maximum atomic E-state index is 11.9. The van der Waals surface area contributed by atoms with Gasteiger partial charge in [-0.3, -0.25) is 4.79 Å². The quantitative estimate of drug-likeness (QED) is 0.819. The Morgan fingerprint density at radius 2 is 2.18 bits per heavy atom. The molecular weight excluding hydrogens is 236 g/mol. The number of hydrogen-bond acceptors (Lipinski definition) is 2. The van der Waals surface area contributed by atoms with Crippen molar-refractivity contribution in [1.29, 1.82) is 0 Å². The Balaban J connectivity index is 1.55. The van der Waals surface area contributed by atoms with Gasteiger partial charge in [-0.2, -0.15) is 0 Å². The minimum Gasteiger partial charge on any atom is -0.324 e. The number of rotatable bonds is 2. The van der Waals surface area contributed by atoms with Crippen LogP contribution in [0.5, 0.6) is 0 Å². The van der Waals surface area contributed by atoms with Crippen molar-refractivity contribution in [2.45, 2.75) is 32.1 Å². The van der Waals surface area contributed by atoms with Gasteiger partial charge < -0.3 is 5.32 Å². The summed E-state index contributed by atoms with van der Waals surface area (Å²) < 4.78 is 0. The summed E-state index contributed by atoms with van der Waals surface area (Å²) in [7, 11) is 0. The summed E-state index contributed by atoms with van der Waals surface area (Å²) in [6, 6.07) is 3.47. The molecule has 2 aliphatic rings. The Morgan fingerprint density at radius 1 is 1.41 bits per heavy atom. The van der Waals surface area contributed by atoms with Crippen LogP contribution in [0, 0.1) is 11.3 Å². The molecule has 0 bridgehead atoms. The minimum atomic E-state index is 0.131. The summed E-state index contributed by atoms with van der Waals surface area (Å²) in [4.78, 5) is 15.9. The summed E-state index contributed by atoms with van der Waals surface area (Å²) in [5.41, 5.74) is 1.27. The van der Waals surface area contributed by atoms with Gasteiger partial charge in [-0.1, -0.05) is 18.0 Å². The number of nitrogens with zero attached hydrogens (tertiary/aromatic N) is 1. The largest absolute Gasteiger partial charge is 0.324 e. The first kappa shape index (κ1) is 11.0. The topological polar surface area (TPSA) is 42.0 Å². The molecule has 0 aliphatic heterocycles. The zero-order valence-electron chi connectivity index (χ0n) is 9.58. The maximum absolute atomic E-state index is 11.9. The summed E-state index contributed by atoms with van der Waals surface area (Å²) in [6.45, 7) is 0. The highest BCUT2D eigenvalue weighted by Crippen LogP contribution is 2.58. The number of amides is 1. The van der Waals surface area contributed by atoms with Crippen LogP contribution in [0.15, 0.2) is 18.3 Å². The number of aromatic nitrogens is 1. The van der Waals surface area contributed by atoms with Gasteiger partial charge in [-0.05, 0) is 43.2 Å². The molecule has 2 fully saturated rings. The zero-order valence-corrected chi connectivity index (χ0v) is 10.3. The van der Waals surface area contributed by atoms with Crippen LogP contribution in [0.25, 0.3) is 0 Å². The summed E-state index contributed by atoms with van der Waals surface area (Å²) in [5, 5.41) is 3.34. The van der Waals surface area contributed by atoms with E-state index in [9.17, 15) is 4.79 Å². The fourth-order valence-electron chi connectivity index (χ4n) is 2.95. The molecule has 17 heavy (non-hydrogen) atoms. The zero-order chi connectivity index (χ0) is 11.9. The van der Waals surface area contributed by atoms with Crippen LogP contribution in [0.3, 0.4) is 0 Å². The molecule has 1 spiro atoms. The molecule has 4 heteroatoms. The van der Waals surface area contributed by atoms with E-state index < -0.39 is 0 Å². The number of anilines is 1. The van der Waals surface area contributed by atoms with E-state index in [1.807, 2.05) is 0 Å². The molecule has 1 aromatic rings. The smallest absolute Gasteiger partial charge is 0.227 e. The maximum Gasteiger partial charge on any atom is 0.227 e. The lowest BCUT2D eigenvalue weighted by Gasteiger charge is -2.53. The predicted molar refractivity (Wildman–Crippen MR) is 66.9 cm³/mol. The first-order chi connectivity index (χ1) is 8.17. The number of pyridine rings is 1. The molecule has 3 nitrogen and oxygen atoms in total. The van der Waals surface area contributed by atoms with Crippen molar-refractivity contribution in [3.8, 4) is 0 Å². The van der Waals surface area contributed by atoms with Crippen molar-refractivity contribution in [2.24, 2.45) is 11.3 Å². The van der Waals surface area contributed by atoms with Crippen molar-refractivity contribution in [3.05, 3.63) is 23.5 Å². The van der Waals surface area contributed by atoms with Crippen LogP contribution in [0.4, 0.5) is 5.69 Å². The van der Waals surface area contributed by atoms with E-state index in [2.05, 4.69) is 10.3 Å². The highest BCUT2D eigenvalue weighted by molar-refractivity contribution is 6.29. The molecule has 0 unspecified atom stereocenters. The van der Waals surface area contributed by atoms with Crippen molar-refractivity contribution < 1.29 is 4.79 Å². The summed E-state index contributed by atoms with van der Waals surface area (Å²) >= 11 is 5.69. The molecule has 2 aliphatic carbocycles. The van der Waals surface area contributed by atoms with Crippen LogP contribution in [-0.2, 0) is 4.79 Å². The summed E-state index contributed by atoms with van der Waals surface area (Å²) in [6.07, 6.45) is 7.71. The van der Waals surface area contributed by atoms with E-state index in [1.54, 1.807) is 18.3 Å². The molecule has 1 N–H and O–H groups in total. The van der Waals surface area contributed by atoms with Gasteiger partial charge in [-0.25, -0.2) is 4.98 Å². The van der Waals surface area contributed by atoms with E-state index >= 15 is 0 Å². The van der Waals surface area contributed by atoms with Gasteiger partial charge in [-0.15, -0.1) is 0 Å². The molecule has 1 aromatic heterocycles. The SMILES string of the molecule is O=C(Nc1ccc(Cl)nc1)C1CC2(CCC2)C1. The van der Waals surface area contributed by atoms with Gasteiger partial charge in [0.05, 0.1) is 11.9 Å². The van der Waals surface area contributed by atoms with E-state index in [4.69, 9.17) is 11.6 Å². The number of nitrogens with one attached hydrogen (secondary N) is 1. The lowest BCUT2D eigenvalue weighted by Crippen LogP contribution is -2.47. The highest BCUT2D eigenvalue weighted by Gasteiger charge is 2.50. The lowest BCUT2D eigenvalue weighted by atomic mass is 9.51. The van der Waals surface area contributed by atoms with Gasteiger partial charge in [0.2, 0.25) is 5.91 Å². The van der Waals surface area contributed by atoms with Crippen LogP contribution >= 0.6 is 11.6 Å². The molecule has 0 aromatic carbocycles. The molecule has 1 amide bonds. The first-order valence-electron chi connectivity index (χ1n) is 6.09. The fraction of sp³-hybridized carbons (Fsp3) is 0.538. The third-order valence-electron chi connectivity index (χ3n) is 4.14. The van der Waals surface area contributed by atoms with Gasteiger partial charge in [0.25, 0.3) is 0 Å². The number of halogens is 1. The Hall–Kier alpha value is -1.09. The second-order valence-electron chi connectivity index (χ2n) is 5.32. The average Bonchev–Trinajstić information content (AvgIpc) is 2.17. The molecule has 2 saturated carbocycles. The van der Waals surface area contributed by atoms with Crippen molar-refractivity contribution >= 4 is 23.2 Å². The molecular formula is C13H15ClN2O. The predicted octanol–water partition coefficient (Wildman–Crippen LogP) is 3.25. The third kappa shape index (κ3) is 2.04. The molecule has 1 heterocycles. The highest BCUT2D eigenvalue weighted by atomic mass is 35.5. The Morgan fingerprint density at radius 3 is 2.71 bits per heavy atom.